The maximum absolute atomic E-state index is 12.9. The minimum absolute atomic E-state index is 0.0543. The molecule has 0 aliphatic carbocycles. The summed E-state index contributed by atoms with van der Waals surface area (Å²) >= 11 is 0. The third kappa shape index (κ3) is 3.17. The molecule has 1 amide bonds. The number of aromatic nitrogens is 3. The molecule has 0 bridgehead atoms. The second-order valence-corrected chi connectivity index (χ2v) is 6.01. The number of amides is 1. The lowest BCUT2D eigenvalue weighted by atomic mass is 10.1. The number of carbonyl (C=O) groups is 1. The fraction of sp³-hybridized carbons (Fsp3) is 0.529. The van der Waals surface area contributed by atoms with E-state index < -0.39 is 0 Å². The van der Waals surface area contributed by atoms with Crippen LogP contribution in [0.1, 0.15) is 52.1 Å². The van der Waals surface area contributed by atoms with Crippen molar-refractivity contribution >= 4 is 5.91 Å². The number of ether oxygens (including phenoxy) is 1. The Labute approximate surface area is 141 Å². The average molecular weight is 330 g/mol. The lowest BCUT2D eigenvalue weighted by molar-refractivity contribution is -0.0249. The van der Waals surface area contributed by atoms with Gasteiger partial charge in [0.05, 0.1) is 24.5 Å². The molecule has 0 unspecified atom stereocenters. The zero-order valence-electron chi connectivity index (χ0n) is 14.5. The van der Waals surface area contributed by atoms with Gasteiger partial charge in [0.25, 0.3) is 5.91 Å². The third-order valence-corrected chi connectivity index (χ3v) is 4.15. The van der Waals surface area contributed by atoms with E-state index in [2.05, 4.69) is 15.1 Å². The lowest BCUT2D eigenvalue weighted by Crippen LogP contribution is -2.43. The van der Waals surface area contributed by atoms with Crippen LogP contribution >= 0.6 is 0 Å². The number of hydrogen-bond acceptors (Lipinski definition) is 6. The van der Waals surface area contributed by atoms with Gasteiger partial charge in [-0.15, -0.1) is 0 Å². The highest BCUT2D eigenvalue weighted by molar-refractivity contribution is 5.96. The van der Waals surface area contributed by atoms with Crippen molar-refractivity contribution in [2.24, 2.45) is 0 Å². The summed E-state index contributed by atoms with van der Waals surface area (Å²) in [5.41, 5.74) is 2.99. The topological polar surface area (TPSA) is 81.4 Å². The normalized spacial score (nSPS) is 18.0. The van der Waals surface area contributed by atoms with Crippen LogP contribution in [-0.2, 0) is 11.2 Å². The van der Waals surface area contributed by atoms with Crippen LogP contribution in [0.15, 0.2) is 10.6 Å². The number of hydrogen-bond donors (Lipinski definition) is 0. The first kappa shape index (κ1) is 16.6. The number of aryl methyl sites for hydroxylation is 4. The molecule has 3 heterocycles. The smallest absolute Gasteiger partial charge is 0.259 e. The standard InChI is InChI=1S/C17H22N4O3/c1-5-13-16(11(3)24-20-13)17(22)21-6-7-23-15(9-21)14-8-10(2)18-12(4)19-14/h8,15H,5-7,9H2,1-4H3/t15-/m1/s1. The fourth-order valence-corrected chi connectivity index (χ4v) is 3.01. The largest absolute Gasteiger partial charge is 0.368 e. The summed E-state index contributed by atoms with van der Waals surface area (Å²) in [4.78, 5) is 23.5. The maximum atomic E-state index is 12.9. The summed E-state index contributed by atoms with van der Waals surface area (Å²) in [6, 6.07) is 1.91. The Kier molecular flexibility index (Phi) is 4.62. The second-order valence-electron chi connectivity index (χ2n) is 6.01. The first-order valence-electron chi connectivity index (χ1n) is 8.17. The Morgan fingerprint density at radius 1 is 1.33 bits per heavy atom. The fourth-order valence-electron chi connectivity index (χ4n) is 3.01. The zero-order chi connectivity index (χ0) is 17.3. The molecule has 1 saturated heterocycles. The Bertz CT molecular complexity index is 736. The molecule has 2 aromatic heterocycles. The van der Waals surface area contributed by atoms with Gasteiger partial charge in [0.15, 0.2) is 0 Å². The molecule has 1 aliphatic heterocycles. The molecule has 2 aromatic rings. The summed E-state index contributed by atoms with van der Waals surface area (Å²) in [7, 11) is 0. The van der Waals surface area contributed by atoms with E-state index in [4.69, 9.17) is 9.26 Å². The maximum Gasteiger partial charge on any atom is 0.259 e. The van der Waals surface area contributed by atoms with E-state index in [1.165, 1.54) is 0 Å². The van der Waals surface area contributed by atoms with Crippen molar-refractivity contribution in [2.45, 2.75) is 40.2 Å². The van der Waals surface area contributed by atoms with Gasteiger partial charge >= 0.3 is 0 Å². The molecule has 128 valence electrons. The van der Waals surface area contributed by atoms with Crippen LogP contribution in [0.4, 0.5) is 0 Å². The van der Waals surface area contributed by atoms with Crippen LogP contribution in [-0.4, -0.2) is 45.6 Å². The molecule has 0 saturated carbocycles. The van der Waals surface area contributed by atoms with Gasteiger partial charge in [-0.2, -0.15) is 0 Å². The molecule has 1 aliphatic rings. The summed E-state index contributed by atoms with van der Waals surface area (Å²) in [5.74, 6) is 1.22. The molecule has 0 aromatic carbocycles. The lowest BCUT2D eigenvalue weighted by Gasteiger charge is -2.32. The van der Waals surface area contributed by atoms with E-state index in [1.807, 2.05) is 26.8 Å². The van der Waals surface area contributed by atoms with Crippen molar-refractivity contribution in [3.8, 4) is 0 Å². The molecule has 3 rings (SSSR count). The minimum atomic E-state index is -0.242. The van der Waals surface area contributed by atoms with Crippen LogP contribution in [0.25, 0.3) is 0 Å². The van der Waals surface area contributed by atoms with E-state index in [1.54, 1.807) is 11.8 Å². The van der Waals surface area contributed by atoms with Crippen LogP contribution in [0.5, 0.6) is 0 Å². The first-order valence-corrected chi connectivity index (χ1v) is 8.17. The monoisotopic (exact) mass is 330 g/mol. The van der Waals surface area contributed by atoms with E-state index in [9.17, 15) is 4.79 Å². The van der Waals surface area contributed by atoms with E-state index in [0.717, 1.165) is 11.4 Å². The van der Waals surface area contributed by atoms with Crippen molar-refractivity contribution in [1.29, 1.82) is 0 Å². The highest BCUT2D eigenvalue weighted by atomic mass is 16.5. The number of nitrogens with zero attached hydrogens (tertiary/aromatic N) is 4. The predicted molar refractivity (Wildman–Crippen MR) is 86.7 cm³/mol. The molecular formula is C17H22N4O3. The Morgan fingerprint density at radius 3 is 2.83 bits per heavy atom. The molecule has 0 spiro atoms. The summed E-state index contributed by atoms with van der Waals surface area (Å²) in [5, 5.41) is 3.98. The van der Waals surface area contributed by atoms with Crippen molar-refractivity contribution in [1.82, 2.24) is 20.0 Å². The zero-order valence-corrected chi connectivity index (χ0v) is 14.5. The van der Waals surface area contributed by atoms with Gasteiger partial charge in [0.1, 0.15) is 23.3 Å². The van der Waals surface area contributed by atoms with Gasteiger partial charge in [-0.25, -0.2) is 9.97 Å². The van der Waals surface area contributed by atoms with Gasteiger partial charge < -0.3 is 14.2 Å². The summed E-state index contributed by atoms with van der Waals surface area (Å²) in [6.45, 7) is 9.00. The molecule has 24 heavy (non-hydrogen) atoms. The minimum Gasteiger partial charge on any atom is -0.368 e. The highest BCUT2D eigenvalue weighted by Gasteiger charge is 2.30. The van der Waals surface area contributed by atoms with E-state index >= 15 is 0 Å². The molecule has 0 N–H and O–H groups in total. The number of rotatable bonds is 3. The Hall–Kier alpha value is -2.28. The van der Waals surface area contributed by atoms with Crippen LogP contribution in [0.2, 0.25) is 0 Å². The van der Waals surface area contributed by atoms with Crippen molar-refractivity contribution in [3.63, 3.8) is 0 Å². The van der Waals surface area contributed by atoms with Gasteiger partial charge in [-0.3, -0.25) is 4.79 Å². The predicted octanol–water partition coefficient (Wildman–Crippen LogP) is 2.17. The summed E-state index contributed by atoms with van der Waals surface area (Å²) < 4.78 is 11.0. The molecule has 1 fully saturated rings. The van der Waals surface area contributed by atoms with E-state index in [-0.39, 0.29) is 12.0 Å². The molecule has 0 radical (unpaired) electrons. The van der Waals surface area contributed by atoms with Gasteiger partial charge in [-0.1, -0.05) is 12.1 Å². The van der Waals surface area contributed by atoms with Crippen molar-refractivity contribution in [3.05, 3.63) is 40.3 Å². The number of morpholine rings is 1. The quantitative estimate of drug-likeness (QED) is 0.858. The van der Waals surface area contributed by atoms with Gasteiger partial charge in [0.2, 0.25) is 0 Å². The number of carbonyl (C=O) groups excluding carboxylic acids is 1. The van der Waals surface area contributed by atoms with Crippen LogP contribution in [0.3, 0.4) is 0 Å². The van der Waals surface area contributed by atoms with E-state index in [0.29, 0.717) is 49.0 Å². The molecule has 7 heteroatoms. The first-order chi connectivity index (χ1) is 11.5. The van der Waals surface area contributed by atoms with Crippen molar-refractivity contribution in [2.75, 3.05) is 19.7 Å². The SMILES string of the molecule is CCc1noc(C)c1C(=O)N1CCO[C@@H](c2cc(C)nc(C)n2)C1. The third-order valence-electron chi connectivity index (χ3n) is 4.15. The van der Waals surface area contributed by atoms with Gasteiger partial charge in [-0.05, 0) is 33.3 Å². The van der Waals surface area contributed by atoms with Crippen LogP contribution in [0, 0.1) is 20.8 Å². The molecule has 1 atom stereocenters. The van der Waals surface area contributed by atoms with Crippen LogP contribution < -0.4 is 0 Å². The molecule has 7 nitrogen and oxygen atoms in total. The molecular weight excluding hydrogens is 308 g/mol. The average Bonchev–Trinajstić information content (AvgIpc) is 2.94. The highest BCUT2D eigenvalue weighted by Crippen LogP contribution is 2.24. The Balaban J connectivity index is 1.82. The second kappa shape index (κ2) is 6.68. The van der Waals surface area contributed by atoms with Crippen molar-refractivity contribution < 1.29 is 14.1 Å². The van der Waals surface area contributed by atoms with Gasteiger partial charge in [0, 0.05) is 12.2 Å². The Morgan fingerprint density at radius 2 is 2.12 bits per heavy atom. The summed E-state index contributed by atoms with van der Waals surface area (Å²) in [6.07, 6.45) is 0.421.